The van der Waals surface area contributed by atoms with Crippen molar-refractivity contribution >= 4 is 23.0 Å². The molecule has 0 atom stereocenters. The third kappa shape index (κ3) is 2.93. The van der Waals surface area contributed by atoms with Gasteiger partial charge in [-0.25, -0.2) is 4.99 Å². The Bertz CT molecular complexity index is 179. The fourth-order valence-corrected chi connectivity index (χ4v) is 1.42. The maximum absolute atomic E-state index is 10.9. The van der Waals surface area contributed by atoms with Gasteiger partial charge in [-0.15, -0.1) is 0 Å². The number of carbonyl (C=O) groups is 1. The fourth-order valence-electron chi connectivity index (χ4n) is 0.730. The molecule has 0 N–H and O–H groups in total. The van der Waals surface area contributed by atoms with Crippen LogP contribution < -0.4 is 0 Å². The van der Waals surface area contributed by atoms with Gasteiger partial charge in [0.15, 0.2) is 0 Å². The highest BCUT2D eigenvalue weighted by Gasteiger charge is 2.11. The van der Waals surface area contributed by atoms with Crippen molar-refractivity contribution in [2.75, 3.05) is 12.3 Å². The Morgan fingerprint density at radius 2 is 2.64 bits per heavy atom. The van der Waals surface area contributed by atoms with Crippen molar-refractivity contribution in [3.63, 3.8) is 0 Å². The van der Waals surface area contributed by atoms with Crippen LogP contribution in [0.2, 0.25) is 0 Å². The number of aliphatic imine (C=N–C) groups is 1. The number of nitrogens with zero attached hydrogens (tertiary/aromatic N) is 1. The molecule has 0 radical (unpaired) electrons. The number of ether oxygens (including phenoxy) is 1. The van der Waals surface area contributed by atoms with Gasteiger partial charge < -0.3 is 4.74 Å². The molecule has 1 aliphatic heterocycles. The summed E-state index contributed by atoms with van der Waals surface area (Å²) in [6, 6.07) is 0. The lowest BCUT2D eigenvalue weighted by molar-refractivity contribution is -0.135. The molecule has 0 aromatic rings. The SMILES string of the molecule is CCCC(=O)OC1=NCCS1. The summed E-state index contributed by atoms with van der Waals surface area (Å²) in [6.45, 7) is 2.73. The van der Waals surface area contributed by atoms with Crippen LogP contribution in [0.4, 0.5) is 0 Å². The third-order valence-corrected chi connectivity index (χ3v) is 2.06. The molecule has 0 saturated heterocycles. The van der Waals surface area contributed by atoms with E-state index in [1.165, 1.54) is 11.8 Å². The van der Waals surface area contributed by atoms with Crippen LogP contribution in [0.5, 0.6) is 0 Å². The quantitative estimate of drug-likeness (QED) is 0.593. The smallest absolute Gasteiger partial charge is 0.312 e. The van der Waals surface area contributed by atoms with Gasteiger partial charge >= 0.3 is 5.97 Å². The average Bonchev–Trinajstić information content (AvgIpc) is 2.40. The summed E-state index contributed by atoms with van der Waals surface area (Å²) in [5, 5.41) is 0.545. The number of hydrogen-bond acceptors (Lipinski definition) is 4. The maximum atomic E-state index is 10.9. The second kappa shape index (κ2) is 4.38. The van der Waals surface area contributed by atoms with Gasteiger partial charge in [0.2, 0.25) is 0 Å². The minimum atomic E-state index is -0.166. The number of thioether (sulfide) groups is 1. The molecular formula is C7H11NO2S. The standard InChI is InChI=1S/C7H11NO2S/c1-2-3-6(9)10-7-8-4-5-11-7/h2-5H2,1H3. The summed E-state index contributed by atoms with van der Waals surface area (Å²) in [4.78, 5) is 14.9. The molecule has 0 aliphatic carbocycles. The Labute approximate surface area is 70.2 Å². The summed E-state index contributed by atoms with van der Waals surface area (Å²) in [7, 11) is 0. The van der Waals surface area contributed by atoms with Gasteiger partial charge in [-0.3, -0.25) is 4.79 Å². The first-order valence-corrected chi connectivity index (χ1v) is 4.69. The molecule has 0 fully saturated rings. The van der Waals surface area contributed by atoms with E-state index >= 15 is 0 Å². The summed E-state index contributed by atoms with van der Waals surface area (Å²) in [6.07, 6.45) is 1.32. The molecule has 1 heterocycles. The van der Waals surface area contributed by atoms with Crippen molar-refractivity contribution in [2.45, 2.75) is 19.8 Å². The molecule has 1 aliphatic rings. The number of esters is 1. The van der Waals surface area contributed by atoms with E-state index in [9.17, 15) is 4.79 Å². The van der Waals surface area contributed by atoms with E-state index in [1.807, 2.05) is 6.92 Å². The van der Waals surface area contributed by atoms with Crippen LogP contribution in [0.1, 0.15) is 19.8 Å². The van der Waals surface area contributed by atoms with Crippen LogP contribution in [0.3, 0.4) is 0 Å². The average molecular weight is 173 g/mol. The maximum Gasteiger partial charge on any atom is 0.312 e. The van der Waals surface area contributed by atoms with Gasteiger partial charge in [-0.05, 0) is 6.42 Å². The van der Waals surface area contributed by atoms with Crippen molar-refractivity contribution in [2.24, 2.45) is 4.99 Å². The number of rotatable bonds is 2. The summed E-state index contributed by atoms with van der Waals surface area (Å²) >= 11 is 1.50. The minimum absolute atomic E-state index is 0.166. The predicted molar refractivity (Wildman–Crippen MR) is 45.8 cm³/mol. The molecule has 0 unspecified atom stereocenters. The highest BCUT2D eigenvalue weighted by Crippen LogP contribution is 2.13. The monoisotopic (exact) mass is 173 g/mol. The van der Waals surface area contributed by atoms with Crippen molar-refractivity contribution in [1.29, 1.82) is 0 Å². The van der Waals surface area contributed by atoms with Crippen LogP contribution in [0.15, 0.2) is 4.99 Å². The van der Waals surface area contributed by atoms with Crippen molar-refractivity contribution in [3.05, 3.63) is 0 Å². The molecule has 0 amide bonds. The lowest BCUT2D eigenvalue weighted by Gasteiger charge is -1.99. The lowest BCUT2D eigenvalue weighted by Crippen LogP contribution is -2.07. The second-order valence-electron chi connectivity index (χ2n) is 2.22. The van der Waals surface area contributed by atoms with E-state index in [0.29, 0.717) is 11.7 Å². The Hall–Kier alpha value is -0.510. The highest BCUT2D eigenvalue weighted by molar-refractivity contribution is 8.13. The Morgan fingerprint density at radius 3 is 3.18 bits per heavy atom. The molecule has 4 heteroatoms. The first kappa shape index (κ1) is 8.59. The Kier molecular flexibility index (Phi) is 3.42. The largest absolute Gasteiger partial charge is 0.401 e. The van der Waals surface area contributed by atoms with Crippen LogP contribution in [-0.2, 0) is 9.53 Å². The molecule has 0 bridgehead atoms. The molecule has 0 spiro atoms. The first-order chi connectivity index (χ1) is 5.33. The summed E-state index contributed by atoms with van der Waals surface area (Å²) < 4.78 is 4.93. The Morgan fingerprint density at radius 1 is 1.82 bits per heavy atom. The van der Waals surface area contributed by atoms with E-state index in [0.717, 1.165) is 18.7 Å². The zero-order chi connectivity index (χ0) is 8.10. The van der Waals surface area contributed by atoms with Crippen LogP contribution >= 0.6 is 11.8 Å². The first-order valence-electron chi connectivity index (χ1n) is 3.71. The fraction of sp³-hybridized carbons (Fsp3) is 0.714. The van der Waals surface area contributed by atoms with Gasteiger partial charge in [0.25, 0.3) is 5.23 Å². The topological polar surface area (TPSA) is 38.7 Å². The Balaban J connectivity index is 2.24. The van der Waals surface area contributed by atoms with E-state index in [-0.39, 0.29) is 5.97 Å². The normalized spacial score (nSPS) is 16.3. The molecule has 62 valence electrons. The van der Waals surface area contributed by atoms with E-state index in [1.54, 1.807) is 0 Å². The number of hydrogen-bond donors (Lipinski definition) is 0. The van der Waals surface area contributed by atoms with Crippen molar-refractivity contribution in [3.8, 4) is 0 Å². The van der Waals surface area contributed by atoms with Crippen molar-refractivity contribution in [1.82, 2.24) is 0 Å². The third-order valence-electron chi connectivity index (χ3n) is 1.21. The van der Waals surface area contributed by atoms with Gasteiger partial charge in [-0.1, -0.05) is 18.7 Å². The molecule has 3 nitrogen and oxygen atoms in total. The van der Waals surface area contributed by atoms with Crippen molar-refractivity contribution < 1.29 is 9.53 Å². The summed E-state index contributed by atoms with van der Waals surface area (Å²) in [5.41, 5.74) is 0. The zero-order valence-corrected chi connectivity index (χ0v) is 7.32. The van der Waals surface area contributed by atoms with Gasteiger partial charge in [0.1, 0.15) is 0 Å². The molecule has 11 heavy (non-hydrogen) atoms. The highest BCUT2D eigenvalue weighted by atomic mass is 32.2. The molecule has 0 aromatic heterocycles. The molecule has 0 aromatic carbocycles. The van der Waals surface area contributed by atoms with Gasteiger partial charge in [-0.2, -0.15) is 0 Å². The summed E-state index contributed by atoms with van der Waals surface area (Å²) in [5.74, 6) is 0.773. The van der Waals surface area contributed by atoms with Crippen LogP contribution in [0, 0.1) is 0 Å². The molecule has 1 rings (SSSR count). The molecule has 0 saturated carbocycles. The van der Waals surface area contributed by atoms with E-state index < -0.39 is 0 Å². The number of carbonyl (C=O) groups excluding carboxylic acids is 1. The molecular weight excluding hydrogens is 162 g/mol. The second-order valence-corrected chi connectivity index (χ2v) is 3.27. The lowest BCUT2D eigenvalue weighted by atomic mass is 10.3. The van der Waals surface area contributed by atoms with Gasteiger partial charge in [0.05, 0.1) is 6.54 Å². The van der Waals surface area contributed by atoms with Crippen LogP contribution in [-0.4, -0.2) is 23.5 Å². The van der Waals surface area contributed by atoms with E-state index in [2.05, 4.69) is 4.99 Å². The minimum Gasteiger partial charge on any atom is -0.401 e. The zero-order valence-electron chi connectivity index (χ0n) is 6.50. The van der Waals surface area contributed by atoms with Crippen LogP contribution in [0.25, 0.3) is 0 Å². The van der Waals surface area contributed by atoms with Gasteiger partial charge in [0, 0.05) is 12.2 Å². The predicted octanol–water partition coefficient (Wildman–Crippen LogP) is 1.43. The van der Waals surface area contributed by atoms with E-state index in [4.69, 9.17) is 4.74 Å².